The smallest absolute Gasteiger partial charge is 0.225 e. The minimum atomic E-state index is -0.224. The minimum Gasteiger partial charge on any atom is -0.474 e. The maximum absolute atomic E-state index is 12.7. The molecule has 4 rings (SSSR count). The van der Waals surface area contributed by atoms with Crippen molar-refractivity contribution in [2.75, 3.05) is 19.8 Å². The first-order valence-corrected chi connectivity index (χ1v) is 10.4. The lowest BCUT2D eigenvalue weighted by Crippen LogP contribution is -2.44. The van der Waals surface area contributed by atoms with Crippen LogP contribution in [-0.2, 0) is 14.3 Å². The predicted octanol–water partition coefficient (Wildman–Crippen LogP) is 1.92. The summed E-state index contributed by atoms with van der Waals surface area (Å²) in [5.41, 5.74) is 0. The Morgan fingerprint density at radius 3 is 2.64 bits per heavy atom. The summed E-state index contributed by atoms with van der Waals surface area (Å²) in [7, 11) is 0. The number of hydrogen-bond donors (Lipinski definition) is 1. The molecule has 1 aromatic rings. The highest BCUT2D eigenvalue weighted by Gasteiger charge is 2.39. The molecular formula is C21H29N3O4. The van der Waals surface area contributed by atoms with Crippen molar-refractivity contribution in [3.8, 4) is 5.88 Å². The summed E-state index contributed by atoms with van der Waals surface area (Å²) in [5.74, 6) is 0.571. The molecule has 0 spiro atoms. The van der Waals surface area contributed by atoms with Crippen LogP contribution in [0.3, 0.4) is 0 Å². The molecule has 1 aliphatic carbocycles. The second-order valence-electron chi connectivity index (χ2n) is 8.06. The molecule has 0 bridgehead atoms. The summed E-state index contributed by atoms with van der Waals surface area (Å²) < 4.78 is 11.3. The Balaban J connectivity index is 1.22. The first-order valence-electron chi connectivity index (χ1n) is 10.4. The van der Waals surface area contributed by atoms with Crippen LogP contribution in [0.2, 0.25) is 0 Å². The Morgan fingerprint density at radius 2 is 1.93 bits per heavy atom. The van der Waals surface area contributed by atoms with Gasteiger partial charge in [0.25, 0.3) is 0 Å². The van der Waals surface area contributed by atoms with Gasteiger partial charge in [-0.1, -0.05) is 6.07 Å². The lowest BCUT2D eigenvalue weighted by Gasteiger charge is -2.31. The zero-order valence-corrected chi connectivity index (χ0v) is 16.2. The van der Waals surface area contributed by atoms with Crippen molar-refractivity contribution < 1.29 is 19.1 Å². The van der Waals surface area contributed by atoms with E-state index in [0.717, 1.165) is 38.5 Å². The number of likely N-dealkylation sites (tertiary alicyclic amines) is 1. The van der Waals surface area contributed by atoms with Crippen LogP contribution in [0.4, 0.5) is 0 Å². The van der Waals surface area contributed by atoms with Crippen molar-refractivity contribution in [2.45, 2.75) is 63.1 Å². The third-order valence-corrected chi connectivity index (χ3v) is 6.11. The zero-order chi connectivity index (χ0) is 19.3. The minimum absolute atomic E-state index is 0.0250. The molecule has 3 heterocycles. The van der Waals surface area contributed by atoms with Gasteiger partial charge in [-0.3, -0.25) is 9.59 Å². The largest absolute Gasteiger partial charge is 0.474 e. The predicted molar refractivity (Wildman–Crippen MR) is 103 cm³/mol. The molecule has 152 valence electrons. The van der Waals surface area contributed by atoms with E-state index in [1.165, 1.54) is 0 Å². The molecule has 1 aromatic heterocycles. The lowest BCUT2D eigenvalue weighted by molar-refractivity contribution is -0.131. The molecule has 1 N–H and O–H groups in total. The second-order valence-corrected chi connectivity index (χ2v) is 8.06. The standard InChI is InChI=1S/C21H29N3O4/c25-20-13-15(14-24(20)17-8-11-27-12-9-17)21(26)23-16-4-6-18(7-5-16)28-19-3-1-2-10-22-19/h1-3,10,15-18H,4-9,11-14H2,(H,23,26). The maximum atomic E-state index is 12.7. The van der Waals surface area contributed by atoms with E-state index in [1.54, 1.807) is 6.20 Å². The van der Waals surface area contributed by atoms with Gasteiger partial charge in [0.2, 0.25) is 17.7 Å². The number of nitrogens with zero attached hydrogens (tertiary/aromatic N) is 2. The summed E-state index contributed by atoms with van der Waals surface area (Å²) >= 11 is 0. The fraction of sp³-hybridized carbons (Fsp3) is 0.667. The first kappa shape index (κ1) is 19.2. The molecule has 1 unspecified atom stereocenters. The van der Waals surface area contributed by atoms with E-state index >= 15 is 0 Å². The highest BCUT2D eigenvalue weighted by atomic mass is 16.5. The Bertz CT molecular complexity index is 669. The highest BCUT2D eigenvalue weighted by molar-refractivity contribution is 5.89. The maximum Gasteiger partial charge on any atom is 0.225 e. The van der Waals surface area contributed by atoms with E-state index < -0.39 is 0 Å². The molecule has 7 heteroatoms. The molecule has 0 aromatic carbocycles. The molecule has 28 heavy (non-hydrogen) atoms. The topological polar surface area (TPSA) is 80.8 Å². The zero-order valence-electron chi connectivity index (χ0n) is 16.2. The SMILES string of the molecule is O=C(NC1CCC(Oc2ccccn2)CC1)C1CC(=O)N(C2CCOCC2)C1. The molecular weight excluding hydrogens is 358 g/mol. The van der Waals surface area contributed by atoms with E-state index in [4.69, 9.17) is 9.47 Å². The molecule has 7 nitrogen and oxygen atoms in total. The van der Waals surface area contributed by atoms with Crippen LogP contribution >= 0.6 is 0 Å². The van der Waals surface area contributed by atoms with Gasteiger partial charge >= 0.3 is 0 Å². The Morgan fingerprint density at radius 1 is 1.14 bits per heavy atom. The molecule has 2 aliphatic heterocycles. The van der Waals surface area contributed by atoms with E-state index in [1.807, 2.05) is 23.1 Å². The fourth-order valence-corrected chi connectivity index (χ4v) is 4.49. The van der Waals surface area contributed by atoms with Crippen molar-refractivity contribution in [1.82, 2.24) is 15.2 Å². The van der Waals surface area contributed by atoms with Crippen molar-refractivity contribution in [3.05, 3.63) is 24.4 Å². The number of carbonyl (C=O) groups is 2. The third kappa shape index (κ3) is 4.63. The second kappa shape index (κ2) is 8.90. The van der Waals surface area contributed by atoms with Gasteiger partial charge < -0.3 is 19.7 Å². The van der Waals surface area contributed by atoms with E-state index in [-0.39, 0.29) is 35.9 Å². The summed E-state index contributed by atoms with van der Waals surface area (Å²) in [6.45, 7) is 1.96. The number of carbonyl (C=O) groups excluding carboxylic acids is 2. The summed E-state index contributed by atoms with van der Waals surface area (Å²) in [6, 6.07) is 6.06. The van der Waals surface area contributed by atoms with Crippen LogP contribution in [0.25, 0.3) is 0 Å². The van der Waals surface area contributed by atoms with Crippen LogP contribution in [0.5, 0.6) is 5.88 Å². The van der Waals surface area contributed by atoms with Gasteiger partial charge in [0, 0.05) is 50.5 Å². The normalized spacial score (nSPS) is 28.9. The quantitative estimate of drug-likeness (QED) is 0.835. The average molecular weight is 387 g/mol. The number of ether oxygens (including phenoxy) is 2. The molecule has 2 saturated heterocycles. The van der Waals surface area contributed by atoms with Crippen LogP contribution in [0.1, 0.15) is 44.9 Å². The lowest BCUT2D eigenvalue weighted by atomic mass is 9.92. The molecule has 1 saturated carbocycles. The summed E-state index contributed by atoms with van der Waals surface area (Å²) in [4.78, 5) is 31.2. The van der Waals surface area contributed by atoms with Gasteiger partial charge in [-0.2, -0.15) is 0 Å². The molecule has 3 aliphatic rings. The number of amides is 2. The van der Waals surface area contributed by atoms with Gasteiger partial charge in [-0.15, -0.1) is 0 Å². The van der Waals surface area contributed by atoms with Crippen LogP contribution < -0.4 is 10.1 Å². The number of rotatable bonds is 5. The third-order valence-electron chi connectivity index (χ3n) is 6.11. The van der Waals surface area contributed by atoms with Crippen molar-refractivity contribution >= 4 is 11.8 Å². The van der Waals surface area contributed by atoms with Crippen LogP contribution in [0, 0.1) is 5.92 Å². The van der Waals surface area contributed by atoms with Crippen LogP contribution in [0.15, 0.2) is 24.4 Å². The van der Waals surface area contributed by atoms with Gasteiger partial charge in [0.15, 0.2) is 0 Å². The Labute approximate surface area is 165 Å². The Hall–Kier alpha value is -2.15. The van der Waals surface area contributed by atoms with Crippen molar-refractivity contribution in [1.29, 1.82) is 0 Å². The highest BCUT2D eigenvalue weighted by Crippen LogP contribution is 2.27. The van der Waals surface area contributed by atoms with Gasteiger partial charge in [-0.25, -0.2) is 4.98 Å². The van der Waals surface area contributed by atoms with Gasteiger partial charge in [-0.05, 0) is 44.6 Å². The van der Waals surface area contributed by atoms with Crippen molar-refractivity contribution in [2.24, 2.45) is 5.92 Å². The van der Waals surface area contributed by atoms with E-state index in [2.05, 4.69) is 10.3 Å². The monoisotopic (exact) mass is 387 g/mol. The number of nitrogens with one attached hydrogen (secondary N) is 1. The number of pyridine rings is 1. The van der Waals surface area contributed by atoms with E-state index in [9.17, 15) is 9.59 Å². The number of aromatic nitrogens is 1. The van der Waals surface area contributed by atoms with Crippen molar-refractivity contribution in [3.63, 3.8) is 0 Å². The average Bonchev–Trinajstić information content (AvgIpc) is 3.13. The number of hydrogen-bond acceptors (Lipinski definition) is 5. The first-order chi connectivity index (χ1) is 13.7. The van der Waals surface area contributed by atoms with Gasteiger partial charge in [0.05, 0.1) is 5.92 Å². The molecule has 1 atom stereocenters. The fourth-order valence-electron chi connectivity index (χ4n) is 4.49. The van der Waals surface area contributed by atoms with Crippen LogP contribution in [-0.4, -0.2) is 59.6 Å². The van der Waals surface area contributed by atoms with Gasteiger partial charge in [0.1, 0.15) is 6.10 Å². The molecule has 2 amide bonds. The summed E-state index contributed by atoms with van der Waals surface area (Å²) in [6.07, 6.45) is 7.57. The molecule has 3 fully saturated rings. The summed E-state index contributed by atoms with van der Waals surface area (Å²) in [5, 5.41) is 3.18. The van der Waals surface area contributed by atoms with E-state index in [0.29, 0.717) is 32.1 Å². The molecule has 0 radical (unpaired) electrons. The Kier molecular flexibility index (Phi) is 6.10.